The van der Waals surface area contributed by atoms with Crippen LogP contribution in [-0.4, -0.2) is 42.1 Å². The lowest BCUT2D eigenvalue weighted by atomic mass is 9.97. The van der Waals surface area contributed by atoms with Crippen LogP contribution in [0.1, 0.15) is 27.7 Å². The smallest absolute Gasteiger partial charge is 0.240 e. The summed E-state index contributed by atoms with van der Waals surface area (Å²) >= 11 is 0. The molecule has 1 atom stereocenters. The molecule has 4 nitrogen and oxygen atoms in total. The minimum atomic E-state index is -0.401. The molecular formula is C11H22N2O2. The van der Waals surface area contributed by atoms with Crippen molar-refractivity contribution >= 4 is 5.91 Å². The van der Waals surface area contributed by atoms with Gasteiger partial charge in [0.1, 0.15) is 0 Å². The SMILES string of the molecule is CC(C)[C@H](N)C(=O)N1CCOCC1(C)C. The molecule has 15 heavy (non-hydrogen) atoms. The molecular weight excluding hydrogens is 192 g/mol. The molecule has 88 valence electrons. The van der Waals surface area contributed by atoms with Crippen LogP contribution in [0, 0.1) is 5.92 Å². The Bertz CT molecular complexity index is 239. The standard InChI is InChI=1S/C11H22N2O2/c1-8(2)9(12)10(14)13-5-6-15-7-11(13,3)4/h8-9H,5-7,12H2,1-4H3/t9-/m0/s1. The Morgan fingerprint density at radius 2 is 2.07 bits per heavy atom. The molecule has 0 saturated carbocycles. The summed E-state index contributed by atoms with van der Waals surface area (Å²) in [4.78, 5) is 13.9. The van der Waals surface area contributed by atoms with E-state index in [4.69, 9.17) is 10.5 Å². The number of rotatable bonds is 2. The highest BCUT2D eigenvalue weighted by atomic mass is 16.5. The zero-order valence-corrected chi connectivity index (χ0v) is 10.1. The molecule has 1 aliphatic rings. The highest BCUT2D eigenvalue weighted by Crippen LogP contribution is 2.20. The molecule has 1 amide bonds. The van der Waals surface area contributed by atoms with Gasteiger partial charge in [-0.25, -0.2) is 0 Å². The highest BCUT2D eigenvalue weighted by Gasteiger charge is 2.36. The molecule has 1 aliphatic heterocycles. The van der Waals surface area contributed by atoms with Gasteiger partial charge in [0.2, 0.25) is 5.91 Å². The molecule has 1 heterocycles. The summed E-state index contributed by atoms with van der Waals surface area (Å²) in [6.07, 6.45) is 0. The van der Waals surface area contributed by atoms with Crippen LogP contribution >= 0.6 is 0 Å². The van der Waals surface area contributed by atoms with Crippen LogP contribution in [0.3, 0.4) is 0 Å². The number of ether oxygens (including phenoxy) is 1. The average molecular weight is 214 g/mol. The molecule has 0 aromatic heterocycles. The van der Waals surface area contributed by atoms with E-state index in [-0.39, 0.29) is 17.4 Å². The summed E-state index contributed by atoms with van der Waals surface area (Å²) in [5.41, 5.74) is 5.65. The van der Waals surface area contributed by atoms with Crippen LogP contribution in [-0.2, 0) is 9.53 Å². The number of morpholine rings is 1. The summed E-state index contributed by atoms with van der Waals surface area (Å²) in [7, 11) is 0. The van der Waals surface area contributed by atoms with Crippen molar-refractivity contribution in [1.82, 2.24) is 4.90 Å². The van der Waals surface area contributed by atoms with E-state index < -0.39 is 6.04 Å². The number of nitrogens with two attached hydrogens (primary N) is 1. The predicted molar refractivity (Wildman–Crippen MR) is 59.4 cm³/mol. The lowest BCUT2D eigenvalue weighted by Crippen LogP contribution is -2.60. The Labute approximate surface area is 91.8 Å². The lowest BCUT2D eigenvalue weighted by molar-refractivity contribution is -0.148. The fraction of sp³-hybridized carbons (Fsp3) is 0.909. The van der Waals surface area contributed by atoms with Gasteiger partial charge >= 0.3 is 0 Å². The number of nitrogens with zero attached hydrogens (tertiary/aromatic N) is 1. The van der Waals surface area contributed by atoms with Crippen molar-refractivity contribution in [3.05, 3.63) is 0 Å². The van der Waals surface area contributed by atoms with E-state index in [1.807, 2.05) is 32.6 Å². The molecule has 4 heteroatoms. The Morgan fingerprint density at radius 1 is 1.47 bits per heavy atom. The van der Waals surface area contributed by atoms with Crippen molar-refractivity contribution < 1.29 is 9.53 Å². The van der Waals surface area contributed by atoms with Crippen LogP contribution in [0.15, 0.2) is 0 Å². The average Bonchev–Trinajstić information content (AvgIpc) is 2.15. The molecule has 0 aromatic carbocycles. The molecule has 1 fully saturated rings. The third-order valence-electron chi connectivity index (χ3n) is 2.91. The number of hydrogen-bond acceptors (Lipinski definition) is 3. The Hall–Kier alpha value is -0.610. The van der Waals surface area contributed by atoms with E-state index in [1.165, 1.54) is 0 Å². The van der Waals surface area contributed by atoms with Gasteiger partial charge in [0.15, 0.2) is 0 Å². The molecule has 2 N–H and O–H groups in total. The third-order valence-corrected chi connectivity index (χ3v) is 2.91. The molecule has 0 radical (unpaired) electrons. The predicted octanol–water partition coefficient (Wildman–Crippen LogP) is 0.607. The van der Waals surface area contributed by atoms with Crippen molar-refractivity contribution in [2.24, 2.45) is 11.7 Å². The quantitative estimate of drug-likeness (QED) is 0.732. The molecule has 1 saturated heterocycles. The van der Waals surface area contributed by atoms with Crippen molar-refractivity contribution in [3.63, 3.8) is 0 Å². The maximum Gasteiger partial charge on any atom is 0.240 e. The first-order chi connectivity index (χ1) is 6.86. The van der Waals surface area contributed by atoms with Gasteiger partial charge in [0.05, 0.1) is 24.8 Å². The summed E-state index contributed by atoms with van der Waals surface area (Å²) in [5, 5.41) is 0. The van der Waals surface area contributed by atoms with E-state index in [1.54, 1.807) is 0 Å². The first kappa shape index (κ1) is 12.5. The number of hydrogen-bond donors (Lipinski definition) is 1. The number of carbonyl (C=O) groups is 1. The minimum Gasteiger partial charge on any atom is -0.377 e. The zero-order valence-electron chi connectivity index (χ0n) is 10.1. The van der Waals surface area contributed by atoms with Gasteiger partial charge in [-0.05, 0) is 19.8 Å². The van der Waals surface area contributed by atoms with E-state index in [0.29, 0.717) is 19.8 Å². The number of amides is 1. The van der Waals surface area contributed by atoms with E-state index >= 15 is 0 Å². The van der Waals surface area contributed by atoms with Gasteiger partial charge < -0.3 is 15.4 Å². The maximum absolute atomic E-state index is 12.1. The Balaban J connectivity index is 2.73. The van der Waals surface area contributed by atoms with Crippen LogP contribution in [0.5, 0.6) is 0 Å². The molecule has 0 spiro atoms. The van der Waals surface area contributed by atoms with Crippen LogP contribution in [0.4, 0.5) is 0 Å². The Kier molecular flexibility index (Phi) is 3.73. The van der Waals surface area contributed by atoms with Crippen molar-refractivity contribution in [2.75, 3.05) is 19.8 Å². The molecule has 0 unspecified atom stereocenters. The van der Waals surface area contributed by atoms with Gasteiger partial charge in [-0.2, -0.15) is 0 Å². The summed E-state index contributed by atoms with van der Waals surface area (Å²) in [6.45, 7) is 9.80. The van der Waals surface area contributed by atoms with Crippen LogP contribution < -0.4 is 5.73 Å². The van der Waals surface area contributed by atoms with Crippen LogP contribution in [0.2, 0.25) is 0 Å². The van der Waals surface area contributed by atoms with Crippen molar-refractivity contribution in [2.45, 2.75) is 39.3 Å². The fourth-order valence-corrected chi connectivity index (χ4v) is 1.73. The summed E-state index contributed by atoms with van der Waals surface area (Å²) in [6, 6.07) is -0.401. The summed E-state index contributed by atoms with van der Waals surface area (Å²) in [5.74, 6) is 0.217. The molecule has 0 bridgehead atoms. The van der Waals surface area contributed by atoms with Gasteiger partial charge in [0.25, 0.3) is 0 Å². The maximum atomic E-state index is 12.1. The van der Waals surface area contributed by atoms with E-state index in [2.05, 4.69) is 0 Å². The lowest BCUT2D eigenvalue weighted by Gasteiger charge is -2.43. The normalized spacial score (nSPS) is 22.9. The fourth-order valence-electron chi connectivity index (χ4n) is 1.73. The van der Waals surface area contributed by atoms with E-state index in [9.17, 15) is 4.79 Å². The zero-order chi connectivity index (χ0) is 11.6. The van der Waals surface area contributed by atoms with Crippen LogP contribution in [0.25, 0.3) is 0 Å². The second kappa shape index (κ2) is 4.49. The monoisotopic (exact) mass is 214 g/mol. The summed E-state index contributed by atoms with van der Waals surface area (Å²) < 4.78 is 5.37. The Morgan fingerprint density at radius 3 is 2.53 bits per heavy atom. The first-order valence-corrected chi connectivity index (χ1v) is 5.51. The number of carbonyl (C=O) groups excluding carboxylic acids is 1. The van der Waals surface area contributed by atoms with Gasteiger partial charge in [0, 0.05) is 6.54 Å². The second-order valence-corrected chi connectivity index (χ2v) is 5.12. The second-order valence-electron chi connectivity index (χ2n) is 5.12. The molecule has 0 aromatic rings. The van der Waals surface area contributed by atoms with Gasteiger partial charge in [-0.1, -0.05) is 13.8 Å². The van der Waals surface area contributed by atoms with Gasteiger partial charge in [-0.3, -0.25) is 4.79 Å². The topological polar surface area (TPSA) is 55.6 Å². The highest BCUT2D eigenvalue weighted by molar-refractivity contribution is 5.82. The van der Waals surface area contributed by atoms with Crippen molar-refractivity contribution in [3.8, 4) is 0 Å². The molecule has 0 aliphatic carbocycles. The first-order valence-electron chi connectivity index (χ1n) is 5.51. The minimum absolute atomic E-state index is 0.0401. The largest absolute Gasteiger partial charge is 0.377 e. The van der Waals surface area contributed by atoms with E-state index in [0.717, 1.165) is 0 Å². The third kappa shape index (κ3) is 2.69. The van der Waals surface area contributed by atoms with Gasteiger partial charge in [-0.15, -0.1) is 0 Å². The van der Waals surface area contributed by atoms with Crippen molar-refractivity contribution in [1.29, 1.82) is 0 Å². The molecule has 1 rings (SSSR count).